The van der Waals surface area contributed by atoms with Crippen LogP contribution in [0.4, 0.5) is 0 Å². The lowest BCUT2D eigenvalue weighted by atomic mass is 9.84. The third-order valence-electron chi connectivity index (χ3n) is 13.3. The van der Waals surface area contributed by atoms with Crippen LogP contribution in [0, 0.1) is 0 Å². The summed E-state index contributed by atoms with van der Waals surface area (Å²) in [5.74, 6) is 1.76. The lowest BCUT2D eigenvalue weighted by molar-refractivity contribution is 1.07. The fraction of sp³-hybridized carbons (Fsp3) is 0. The van der Waals surface area contributed by atoms with Crippen molar-refractivity contribution >= 4 is 0 Å². The Balaban J connectivity index is 1.10. The van der Waals surface area contributed by atoms with Gasteiger partial charge in [-0.3, -0.25) is 0 Å². The summed E-state index contributed by atoms with van der Waals surface area (Å²) < 4.78 is 0. The smallest absolute Gasteiger partial charge is 0.164 e. The summed E-state index contributed by atoms with van der Waals surface area (Å²) in [5, 5.41) is 0. The first-order valence-electron chi connectivity index (χ1n) is 24.4. The van der Waals surface area contributed by atoms with E-state index in [0.717, 1.165) is 106 Å². The molecule has 0 aliphatic rings. The molecule has 0 radical (unpaired) electrons. The summed E-state index contributed by atoms with van der Waals surface area (Å²) >= 11 is 0. The molecular weight excluding hydrogens is 871 g/mol. The molecule has 72 heavy (non-hydrogen) atoms. The number of rotatable bonds is 11. The highest BCUT2D eigenvalue weighted by Crippen LogP contribution is 2.45. The van der Waals surface area contributed by atoms with Crippen molar-refractivity contribution in [3.05, 3.63) is 285 Å². The van der Waals surface area contributed by atoms with Crippen LogP contribution in [0.1, 0.15) is 0 Å². The van der Waals surface area contributed by atoms with Crippen molar-refractivity contribution in [2.24, 2.45) is 0 Å². The SMILES string of the molecule is c1ccc(-c2cc(-c3ccccc3)cc(-c3nc(-c4cc(-c5ccccc5)cc(-c5ccccc5)c4)nc(-c4cccc(-c5c(-c6ccccc6)cc(-c6ccccc6)cc5-c5ccccc5)c4)n3)c2)cc1. The number of aromatic nitrogens is 3. The Hall–Kier alpha value is -9.57. The molecule has 0 bridgehead atoms. The van der Waals surface area contributed by atoms with E-state index in [2.05, 4.69) is 285 Å². The molecule has 0 fully saturated rings. The fourth-order valence-corrected chi connectivity index (χ4v) is 9.72. The van der Waals surface area contributed by atoms with Gasteiger partial charge >= 0.3 is 0 Å². The lowest BCUT2D eigenvalue weighted by Crippen LogP contribution is -2.01. The molecule has 12 rings (SSSR count). The van der Waals surface area contributed by atoms with Crippen LogP contribution in [0.25, 0.3) is 123 Å². The molecule has 3 heteroatoms. The Morgan fingerprint density at radius 3 is 0.694 bits per heavy atom. The molecule has 11 aromatic carbocycles. The molecule has 1 heterocycles. The molecule has 0 aliphatic heterocycles. The van der Waals surface area contributed by atoms with Crippen LogP contribution in [-0.4, -0.2) is 15.0 Å². The van der Waals surface area contributed by atoms with Gasteiger partial charge in [0.1, 0.15) is 0 Å². The summed E-state index contributed by atoms with van der Waals surface area (Å²) in [6.07, 6.45) is 0. The zero-order valence-corrected chi connectivity index (χ0v) is 39.5. The van der Waals surface area contributed by atoms with Gasteiger partial charge in [0.25, 0.3) is 0 Å². The van der Waals surface area contributed by atoms with Crippen LogP contribution >= 0.6 is 0 Å². The van der Waals surface area contributed by atoms with Crippen molar-refractivity contribution in [3.8, 4) is 123 Å². The van der Waals surface area contributed by atoms with E-state index in [0.29, 0.717) is 17.5 Å². The quantitative estimate of drug-likeness (QED) is 0.130. The second-order valence-corrected chi connectivity index (χ2v) is 18.0. The van der Waals surface area contributed by atoms with Gasteiger partial charge in [0.15, 0.2) is 17.5 Å². The van der Waals surface area contributed by atoms with E-state index in [1.54, 1.807) is 0 Å². The Kier molecular flexibility index (Phi) is 12.0. The topological polar surface area (TPSA) is 38.7 Å². The van der Waals surface area contributed by atoms with E-state index in [1.807, 2.05) is 0 Å². The van der Waals surface area contributed by atoms with Crippen molar-refractivity contribution < 1.29 is 0 Å². The van der Waals surface area contributed by atoms with E-state index < -0.39 is 0 Å². The Bertz CT molecular complexity index is 3480. The molecule has 12 aromatic rings. The molecule has 0 atom stereocenters. The first kappa shape index (κ1) is 43.7. The average molecular weight is 918 g/mol. The molecular formula is C69H47N3. The van der Waals surface area contributed by atoms with Crippen molar-refractivity contribution in [2.45, 2.75) is 0 Å². The molecule has 0 N–H and O–H groups in total. The van der Waals surface area contributed by atoms with Gasteiger partial charge in [0, 0.05) is 16.7 Å². The summed E-state index contributed by atoms with van der Waals surface area (Å²) in [6, 6.07) is 101. The van der Waals surface area contributed by atoms with E-state index in [9.17, 15) is 0 Å². The van der Waals surface area contributed by atoms with Crippen molar-refractivity contribution in [3.63, 3.8) is 0 Å². The van der Waals surface area contributed by atoms with E-state index in [1.165, 1.54) is 0 Å². The molecule has 0 saturated heterocycles. The summed E-state index contributed by atoms with van der Waals surface area (Å²) in [6.45, 7) is 0. The number of nitrogens with zero attached hydrogens (tertiary/aromatic N) is 3. The van der Waals surface area contributed by atoms with Gasteiger partial charge in [0.2, 0.25) is 0 Å². The molecule has 0 saturated carbocycles. The minimum Gasteiger partial charge on any atom is -0.208 e. The van der Waals surface area contributed by atoms with Crippen molar-refractivity contribution in [1.82, 2.24) is 15.0 Å². The highest BCUT2D eigenvalue weighted by molar-refractivity contribution is 5.98. The Morgan fingerprint density at radius 1 is 0.153 bits per heavy atom. The van der Waals surface area contributed by atoms with Gasteiger partial charge < -0.3 is 0 Å². The van der Waals surface area contributed by atoms with E-state index >= 15 is 0 Å². The van der Waals surface area contributed by atoms with E-state index in [4.69, 9.17) is 15.0 Å². The van der Waals surface area contributed by atoms with Crippen molar-refractivity contribution in [1.29, 1.82) is 0 Å². The van der Waals surface area contributed by atoms with E-state index in [-0.39, 0.29) is 0 Å². The molecule has 0 amide bonds. The second-order valence-electron chi connectivity index (χ2n) is 18.0. The van der Waals surface area contributed by atoms with Gasteiger partial charge in [-0.1, -0.05) is 231 Å². The normalized spacial score (nSPS) is 11.1. The molecule has 0 spiro atoms. The van der Waals surface area contributed by atoms with Gasteiger partial charge in [-0.15, -0.1) is 0 Å². The molecule has 3 nitrogen and oxygen atoms in total. The standard InChI is InChI=1S/C69H47N3/c1-8-23-48(24-9-1)57-40-58(49-25-10-2-11-26-49)43-62(42-57)68-70-67(71-69(72-68)63-44-59(50-27-12-3-13-28-50)41-60(45-63)51-29-14-4-15-30-51)56-38-22-37-55(39-56)66-64(53-33-18-6-19-34-53)46-61(52-31-16-5-17-32-52)47-65(66)54-35-20-7-21-36-54/h1-47H. The third-order valence-corrected chi connectivity index (χ3v) is 13.3. The van der Waals surface area contributed by atoms with Gasteiger partial charge in [0.05, 0.1) is 0 Å². The second kappa shape index (κ2) is 19.8. The minimum absolute atomic E-state index is 0.582. The maximum Gasteiger partial charge on any atom is 0.164 e. The highest BCUT2D eigenvalue weighted by Gasteiger charge is 2.21. The summed E-state index contributed by atoms with van der Waals surface area (Å²) in [7, 11) is 0. The maximum absolute atomic E-state index is 5.46. The van der Waals surface area contributed by atoms with Crippen LogP contribution in [0.15, 0.2) is 285 Å². The monoisotopic (exact) mass is 917 g/mol. The summed E-state index contributed by atoms with van der Waals surface area (Å²) in [4.78, 5) is 16.4. The number of hydrogen-bond donors (Lipinski definition) is 0. The maximum atomic E-state index is 5.46. The first-order valence-corrected chi connectivity index (χ1v) is 24.4. The Morgan fingerprint density at radius 2 is 0.375 bits per heavy atom. The predicted octanol–water partition coefficient (Wildman–Crippen LogP) is 18.2. The predicted molar refractivity (Wildman–Crippen MR) is 300 cm³/mol. The van der Waals surface area contributed by atoms with Crippen LogP contribution < -0.4 is 0 Å². The van der Waals surface area contributed by atoms with Crippen LogP contribution in [0.2, 0.25) is 0 Å². The van der Waals surface area contributed by atoms with Crippen LogP contribution in [0.5, 0.6) is 0 Å². The molecule has 0 aliphatic carbocycles. The first-order chi connectivity index (χ1) is 35.7. The average Bonchev–Trinajstić information content (AvgIpc) is 3.48. The largest absolute Gasteiger partial charge is 0.208 e. The lowest BCUT2D eigenvalue weighted by Gasteiger charge is -2.20. The van der Waals surface area contributed by atoms with Gasteiger partial charge in [-0.2, -0.15) is 0 Å². The molecule has 1 aromatic heterocycles. The highest BCUT2D eigenvalue weighted by atomic mass is 15.0. The fourth-order valence-electron chi connectivity index (χ4n) is 9.72. The van der Waals surface area contributed by atoms with Crippen molar-refractivity contribution in [2.75, 3.05) is 0 Å². The Labute approximate surface area is 421 Å². The third kappa shape index (κ3) is 9.19. The minimum atomic E-state index is 0.582. The summed E-state index contributed by atoms with van der Waals surface area (Å²) in [5.41, 5.74) is 20.5. The number of benzene rings is 11. The van der Waals surface area contributed by atoms with Gasteiger partial charge in [-0.05, 0) is 144 Å². The zero-order chi connectivity index (χ0) is 48.1. The zero-order valence-electron chi connectivity index (χ0n) is 39.5. The number of hydrogen-bond acceptors (Lipinski definition) is 3. The van der Waals surface area contributed by atoms with Crippen LogP contribution in [0.3, 0.4) is 0 Å². The molecule has 338 valence electrons. The van der Waals surface area contributed by atoms with Gasteiger partial charge in [-0.25, -0.2) is 15.0 Å². The van der Waals surface area contributed by atoms with Crippen LogP contribution in [-0.2, 0) is 0 Å². The molecule has 0 unspecified atom stereocenters.